The standard InChI is InChI=1S/C52H33N3/c1-3-16-37(17-4-1)53-47-23-11-9-22-41(47)44-32-45-43-31-36(26-28-49(43)54(52(45)33-51(44)53)38-18-5-2-6-19-38)35-27-29-50-42(30-35)40-21-10-12-24-48(40)55(50)46-25-13-15-34-14-7-8-20-39(34)46/h1-33H. The van der Waals surface area contributed by atoms with E-state index in [1.807, 2.05) is 0 Å². The highest BCUT2D eigenvalue weighted by Crippen LogP contribution is 2.42. The average molecular weight is 700 g/mol. The second kappa shape index (κ2) is 11.6. The van der Waals surface area contributed by atoms with Crippen molar-refractivity contribution in [1.29, 1.82) is 0 Å². The van der Waals surface area contributed by atoms with Crippen molar-refractivity contribution in [2.75, 3.05) is 0 Å². The first-order valence-electron chi connectivity index (χ1n) is 18.9. The highest BCUT2D eigenvalue weighted by atomic mass is 15.0. The lowest BCUT2D eigenvalue weighted by molar-refractivity contribution is 1.16. The van der Waals surface area contributed by atoms with E-state index in [4.69, 9.17) is 0 Å². The van der Waals surface area contributed by atoms with Crippen molar-refractivity contribution in [3.63, 3.8) is 0 Å². The van der Waals surface area contributed by atoms with E-state index in [9.17, 15) is 0 Å². The molecule has 3 nitrogen and oxygen atoms in total. The predicted molar refractivity (Wildman–Crippen MR) is 232 cm³/mol. The van der Waals surface area contributed by atoms with Gasteiger partial charge >= 0.3 is 0 Å². The monoisotopic (exact) mass is 699 g/mol. The molecular weight excluding hydrogens is 667 g/mol. The Morgan fingerprint density at radius 2 is 0.673 bits per heavy atom. The van der Waals surface area contributed by atoms with E-state index in [1.54, 1.807) is 0 Å². The molecule has 0 fully saturated rings. The third kappa shape index (κ3) is 4.38. The molecule has 0 amide bonds. The Bertz CT molecular complexity index is 3470. The number of rotatable bonds is 4. The summed E-state index contributed by atoms with van der Waals surface area (Å²) in [6.07, 6.45) is 0. The molecule has 3 heterocycles. The SMILES string of the molecule is c1ccc(-n2c3ccccc3c3cc4c5cc(-c6ccc7c(c6)c6ccccc6n7-c6cccc7ccccc67)ccc5n(-c5ccccc5)c4cc32)cc1. The van der Waals surface area contributed by atoms with Gasteiger partial charge in [-0.1, -0.05) is 121 Å². The Morgan fingerprint density at radius 1 is 0.236 bits per heavy atom. The molecular formula is C52H33N3. The summed E-state index contributed by atoms with van der Waals surface area (Å²) in [6.45, 7) is 0. The Balaban J connectivity index is 1.12. The van der Waals surface area contributed by atoms with Crippen LogP contribution in [0.1, 0.15) is 0 Å². The lowest BCUT2D eigenvalue weighted by Gasteiger charge is -2.12. The van der Waals surface area contributed by atoms with Gasteiger partial charge in [0, 0.05) is 49.1 Å². The van der Waals surface area contributed by atoms with Gasteiger partial charge in [0.25, 0.3) is 0 Å². The van der Waals surface area contributed by atoms with E-state index in [2.05, 4.69) is 214 Å². The summed E-state index contributed by atoms with van der Waals surface area (Å²) >= 11 is 0. The van der Waals surface area contributed by atoms with Crippen molar-refractivity contribution in [1.82, 2.24) is 13.7 Å². The van der Waals surface area contributed by atoms with Crippen molar-refractivity contribution in [2.24, 2.45) is 0 Å². The second-order valence-corrected chi connectivity index (χ2v) is 14.6. The third-order valence-corrected chi connectivity index (χ3v) is 11.6. The van der Waals surface area contributed by atoms with Gasteiger partial charge in [0.05, 0.1) is 38.8 Å². The van der Waals surface area contributed by atoms with E-state index >= 15 is 0 Å². The van der Waals surface area contributed by atoms with Gasteiger partial charge in [0.2, 0.25) is 0 Å². The van der Waals surface area contributed by atoms with Gasteiger partial charge in [0.1, 0.15) is 0 Å². The minimum Gasteiger partial charge on any atom is -0.309 e. The molecule has 0 saturated carbocycles. The van der Waals surface area contributed by atoms with E-state index < -0.39 is 0 Å². The van der Waals surface area contributed by atoms with Crippen LogP contribution >= 0.6 is 0 Å². The maximum atomic E-state index is 2.44. The van der Waals surface area contributed by atoms with Gasteiger partial charge in [-0.2, -0.15) is 0 Å². The second-order valence-electron chi connectivity index (χ2n) is 14.6. The van der Waals surface area contributed by atoms with Crippen molar-refractivity contribution < 1.29 is 0 Å². The minimum absolute atomic E-state index is 1.15. The summed E-state index contributed by atoms with van der Waals surface area (Å²) in [7, 11) is 0. The van der Waals surface area contributed by atoms with Crippen LogP contribution in [-0.4, -0.2) is 13.7 Å². The zero-order valence-electron chi connectivity index (χ0n) is 29.9. The molecule has 55 heavy (non-hydrogen) atoms. The maximum Gasteiger partial charge on any atom is 0.0562 e. The van der Waals surface area contributed by atoms with Gasteiger partial charge in [0.15, 0.2) is 0 Å². The molecule has 256 valence electrons. The molecule has 0 unspecified atom stereocenters. The predicted octanol–water partition coefficient (Wildman–Crippen LogP) is 13.8. The normalized spacial score (nSPS) is 12.0. The fraction of sp³-hybridized carbons (Fsp3) is 0. The summed E-state index contributed by atoms with van der Waals surface area (Å²) < 4.78 is 7.28. The van der Waals surface area contributed by atoms with Gasteiger partial charge < -0.3 is 13.7 Å². The van der Waals surface area contributed by atoms with Crippen LogP contribution in [-0.2, 0) is 0 Å². The molecule has 0 saturated heterocycles. The van der Waals surface area contributed by atoms with Crippen LogP contribution in [0.15, 0.2) is 200 Å². The van der Waals surface area contributed by atoms with Crippen LogP contribution in [0.2, 0.25) is 0 Å². The summed E-state index contributed by atoms with van der Waals surface area (Å²) in [5, 5.41) is 10.0. The number of hydrogen-bond acceptors (Lipinski definition) is 0. The number of benzene rings is 9. The summed E-state index contributed by atoms with van der Waals surface area (Å²) in [5.74, 6) is 0. The van der Waals surface area contributed by atoms with Crippen LogP contribution in [0.25, 0.3) is 104 Å². The number of aromatic nitrogens is 3. The summed E-state index contributed by atoms with van der Waals surface area (Å²) in [5.41, 5.74) is 13.2. The number of hydrogen-bond donors (Lipinski definition) is 0. The molecule has 12 aromatic rings. The van der Waals surface area contributed by atoms with Crippen LogP contribution < -0.4 is 0 Å². The molecule has 0 radical (unpaired) electrons. The number of nitrogens with zero attached hydrogens (tertiary/aromatic N) is 3. The Kier molecular flexibility index (Phi) is 6.34. The van der Waals surface area contributed by atoms with Crippen molar-refractivity contribution in [3.8, 4) is 28.2 Å². The molecule has 3 aromatic heterocycles. The van der Waals surface area contributed by atoms with Crippen molar-refractivity contribution in [3.05, 3.63) is 200 Å². The molecule has 0 bridgehead atoms. The minimum atomic E-state index is 1.15. The van der Waals surface area contributed by atoms with E-state index in [-0.39, 0.29) is 0 Å². The molecule has 0 aliphatic rings. The first kappa shape index (κ1) is 30.1. The fourth-order valence-corrected chi connectivity index (χ4v) is 9.19. The van der Waals surface area contributed by atoms with E-state index in [0.717, 1.165) is 11.4 Å². The van der Waals surface area contributed by atoms with E-state index in [1.165, 1.54) is 93.0 Å². The summed E-state index contributed by atoms with van der Waals surface area (Å²) in [6, 6.07) is 73.2. The number of para-hydroxylation sites is 4. The van der Waals surface area contributed by atoms with Crippen LogP contribution in [0.3, 0.4) is 0 Å². The van der Waals surface area contributed by atoms with Gasteiger partial charge in [-0.05, 0) is 95.4 Å². The van der Waals surface area contributed by atoms with Crippen LogP contribution in [0.4, 0.5) is 0 Å². The molecule has 12 rings (SSSR count). The van der Waals surface area contributed by atoms with Gasteiger partial charge in [-0.15, -0.1) is 0 Å². The summed E-state index contributed by atoms with van der Waals surface area (Å²) in [4.78, 5) is 0. The molecule has 3 heteroatoms. The molecule has 0 N–H and O–H groups in total. The third-order valence-electron chi connectivity index (χ3n) is 11.6. The molecule has 0 aliphatic carbocycles. The van der Waals surface area contributed by atoms with E-state index in [0.29, 0.717) is 0 Å². The molecule has 0 spiro atoms. The quantitative estimate of drug-likeness (QED) is 0.174. The fourth-order valence-electron chi connectivity index (χ4n) is 9.19. The smallest absolute Gasteiger partial charge is 0.0562 e. The molecule has 0 atom stereocenters. The Labute approximate surface area is 317 Å². The first-order valence-corrected chi connectivity index (χ1v) is 18.9. The number of fused-ring (bicyclic) bond motifs is 10. The highest BCUT2D eigenvalue weighted by Gasteiger charge is 2.20. The largest absolute Gasteiger partial charge is 0.309 e. The topological polar surface area (TPSA) is 14.8 Å². The lowest BCUT2D eigenvalue weighted by Crippen LogP contribution is -1.95. The van der Waals surface area contributed by atoms with Crippen LogP contribution in [0.5, 0.6) is 0 Å². The first-order chi connectivity index (χ1) is 27.3. The average Bonchev–Trinajstić information content (AvgIpc) is 3.88. The Morgan fingerprint density at radius 3 is 1.31 bits per heavy atom. The lowest BCUT2D eigenvalue weighted by atomic mass is 10.00. The zero-order valence-corrected chi connectivity index (χ0v) is 29.9. The van der Waals surface area contributed by atoms with Gasteiger partial charge in [-0.25, -0.2) is 0 Å². The van der Waals surface area contributed by atoms with Gasteiger partial charge in [-0.3, -0.25) is 0 Å². The van der Waals surface area contributed by atoms with Crippen molar-refractivity contribution >= 4 is 76.2 Å². The van der Waals surface area contributed by atoms with Crippen molar-refractivity contribution in [2.45, 2.75) is 0 Å². The molecule has 9 aromatic carbocycles. The molecule has 0 aliphatic heterocycles. The Hall–Kier alpha value is -7.36. The maximum absolute atomic E-state index is 2.44. The van der Waals surface area contributed by atoms with Crippen LogP contribution in [0, 0.1) is 0 Å². The highest BCUT2D eigenvalue weighted by molar-refractivity contribution is 6.20. The zero-order chi connectivity index (χ0) is 36.0.